The van der Waals surface area contributed by atoms with Gasteiger partial charge in [0.05, 0.1) is 66.1 Å². The molecule has 50 atom stereocenters. The topological polar surface area (TPSA) is 792 Å². The molecule has 0 spiro atoms. The van der Waals surface area contributed by atoms with Crippen molar-refractivity contribution in [2.24, 2.45) is 0 Å². The average molecular weight is 1620 g/mol. The standard InChI is InChI=1S/C60H100O50/c61-1-11-21(69)23(71)33(81)51(93-11)91-9-19-49-32(80)42(90)60(102-19)108-48-18(8-68)100-58(40(88)30(48)78)110-50-20(10-92-52-34(82)24(72)22(70)12(2-62)94-52)101-59(41(89)31(50)79)107-47-17(7-67)98-56(38(86)28(47)76)105-45-15(5-65)96-54(36(84)26(45)74)103-43-13(3-63)95-53(35(83)25(43)73)104-44-14(4-64)97-55(37(85)27(44)75)106-46-16(6-66)99-57(109-49)39(87)29(46)77/h11-90H,1-10H2/t11-,12-,13-,14-,15-,16-,17-,18-,19-,20-,21+,22+,23+,24+,25-,26-,27-,28-,29-,30-,31-,32-,33-,34-,35-,36-,37-,38-,39-,40-,41-,42-,43-,44-,45-,46-,47-,48-,49-,50-,51+,52+,53-,54-,55-,56-,57-,58-,59-,60-/m1/s1. The molecular formula is C60H100O50. The summed E-state index contributed by atoms with van der Waals surface area (Å²) in [4.78, 5) is 0. The SMILES string of the molecule is OC[C@H]1O[C@H](OC[C@H]2O[C@@H]3O[C@H]4[C@H](O)[C@@H](O)[C@@H](O[C@H]5[C@H](O)[C@@H](O)[C@@H](O[C@H]6[C@H](O)[C@@H](O)[C@@H](O[C@H]7[C@H](O)[C@@H](O)[C@@H](O[C@H]8[C@H](O)[C@@H](O)[C@@H](O[C@H]9[C@H](O)[C@@H](O)[C@@H](O[C@H]%10[C@H](O)[C@@H](O)[C@@H](O[C@H]2[C@H](O)[C@H]3O)O[C@@H]%10CO)O[C@@H]9CO[C@H]2O[C@H](CO)[C@H](O)[C@H](O)[C@H]2O)O[C@@H]8CO)O[C@@H]7CO)O[C@@H]6CO)O[C@@H]5CO)O[C@@H]4CO)[C@H](O)[C@@H](O)[C@H]1O. The molecule has 32 heterocycles. The van der Waals surface area contributed by atoms with Gasteiger partial charge in [0.25, 0.3) is 0 Å². The number of rotatable bonds is 14. The van der Waals surface area contributed by atoms with Gasteiger partial charge in [-0.05, 0) is 0 Å². The molecule has 32 aliphatic rings. The van der Waals surface area contributed by atoms with Crippen molar-refractivity contribution in [3.05, 3.63) is 0 Å². The van der Waals surface area contributed by atoms with E-state index in [1.807, 2.05) is 0 Å². The molecule has 640 valence electrons. The molecule has 32 rings (SSSR count). The van der Waals surface area contributed by atoms with Crippen LogP contribution in [0.15, 0.2) is 0 Å². The fraction of sp³-hybridized carbons (Fsp3) is 1.00. The van der Waals surface area contributed by atoms with Crippen molar-refractivity contribution in [1.82, 2.24) is 0 Å². The van der Waals surface area contributed by atoms with Crippen LogP contribution in [0.5, 0.6) is 0 Å². The zero-order valence-electron chi connectivity index (χ0n) is 57.5. The second kappa shape index (κ2) is 37.9. The predicted molar refractivity (Wildman–Crippen MR) is 326 cm³/mol. The summed E-state index contributed by atoms with van der Waals surface area (Å²) in [7, 11) is 0. The van der Waals surface area contributed by atoms with Gasteiger partial charge in [-0.3, -0.25) is 0 Å². The van der Waals surface area contributed by atoms with Crippen LogP contribution in [0, 0.1) is 0 Å². The molecule has 0 aromatic heterocycles. The summed E-state index contributed by atoms with van der Waals surface area (Å²) < 4.78 is 116. The van der Waals surface area contributed by atoms with Crippen LogP contribution in [-0.2, 0) is 94.7 Å². The van der Waals surface area contributed by atoms with Crippen LogP contribution in [0.2, 0.25) is 0 Å². The van der Waals surface area contributed by atoms with Crippen LogP contribution in [-0.4, -0.2) is 526 Å². The lowest BCUT2D eigenvalue weighted by atomic mass is 9.94. The van der Waals surface area contributed by atoms with E-state index in [-0.39, 0.29) is 0 Å². The van der Waals surface area contributed by atoms with E-state index in [0.717, 1.165) is 0 Å². The van der Waals surface area contributed by atoms with Gasteiger partial charge in [-0.15, -0.1) is 0 Å². The second-order valence-corrected chi connectivity index (χ2v) is 28.2. The van der Waals surface area contributed by atoms with Crippen LogP contribution in [0.1, 0.15) is 0 Å². The molecule has 16 bridgehead atoms. The fourth-order valence-electron chi connectivity index (χ4n) is 14.7. The Bertz CT molecular complexity index is 2750. The molecule has 0 amide bonds. The molecule has 50 nitrogen and oxygen atoms in total. The Morgan fingerprint density at radius 2 is 0.300 bits per heavy atom. The molecule has 32 fully saturated rings. The summed E-state index contributed by atoms with van der Waals surface area (Å²) >= 11 is 0. The van der Waals surface area contributed by atoms with Crippen LogP contribution in [0.4, 0.5) is 0 Å². The summed E-state index contributed by atoms with van der Waals surface area (Å²) in [6.45, 7) is -11.1. The second-order valence-electron chi connectivity index (χ2n) is 28.2. The number of aliphatic hydroxyl groups excluding tert-OH is 30. The van der Waals surface area contributed by atoms with Gasteiger partial charge in [0.15, 0.2) is 62.9 Å². The molecule has 0 unspecified atom stereocenters. The number of ether oxygens (including phenoxy) is 20. The Kier molecular flexibility index (Phi) is 30.6. The van der Waals surface area contributed by atoms with Crippen molar-refractivity contribution in [1.29, 1.82) is 0 Å². The maximum atomic E-state index is 12.0. The Labute approximate surface area is 619 Å². The van der Waals surface area contributed by atoms with Crippen LogP contribution >= 0.6 is 0 Å². The lowest BCUT2D eigenvalue weighted by molar-refractivity contribution is -0.406. The van der Waals surface area contributed by atoms with Crippen molar-refractivity contribution < 1.29 is 248 Å². The molecule has 0 aliphatic carbocycles. The Balaban J connectivity index is 0.901. The Morgan fingerprint density at radius 3 is 0.464 bits per heavy atom. The van der Waals surface area contributed by atoms with Gasteiger partial charge in [-0.25, -0.2) is 0 Å². The Morgan fingerprint density at radius 1 is 0.145 bits per heavy atom. The van der Waals surface area contributed by atoms with Crippen LogP contribution < -0.4 is 0 Å². The van der Waals surface area contributed by atoms with E-state index in [0.29, 0.717) is 0 Å². The van der Waals surface area contributed by atoms with E-state index in [1.54, 1.807) is 0 Å². The van der Waals surface area contributed by atoms with E-state index in [4.69, 9.17) is 94.7 Å². The first-order chi connectivity index (χ1) is 52.3. The third-order valence-corrected chi connectivity index (χ3v) is 21.1. The molecular weight excluding hydrogens is 1520 g/mol. The number of hydrogen-bond donors (Lipinski definition) is 30. The number of hydrogen-bond acceptors (Lipinski definition) is 50. The van der Waals surface area contributed by atoms with E-state index < -0.39 is 373 Å². The fourth-order valence-corrected chi connectivity index (χ4v) is 14.7. The van der Waals surface area contributed by atoms with Crippen molar-refractivity contribution >= 4 is 0 Å². The molecule has 50 heteroatoms. The quantitative estimate of drug-likeness (QED) is 0.0768. The Hall–Kier alpha value is -2.00. The number of aliphatic hydroxyl groups is 30. The minimum Gasteiger partial charge on any atom is -0.394 e. The average Bonchev–Trinajstić information content (AvgIpc) is 0.775. The monoisotopic (exact) mass is 1620 g/mol. The van der Waals surface area contributed by atoms with Crippen molar-refractivity contribution in [3.63, 3.8) is 0 Å². The zero-order chi connectivity index (χ0) is 80.1. The van der Waals surface area contributed by atoms with Crippen molar-refractivity contribution in [2.45, 2.75) is 307 Å². The zero-order valence-corrected chi connectivity index (χ0v) is 57.5. The molecule has 32 aliphatic heterocycles. The highest BCUT2D eigenvalue weighted by molar-refractivity contribution is 5.04. The first-order valence-corrected chi connectivity index (χ1v) is 35.2. The molecule has 32 saturated heterocycles. The minimum atomic E-state index is -2.47. The summed E-state index contributed by atoms with van der Waals surface area (Å²) in [6.07, 6.45) is -107. The maximum Gasteiger partial charge on any atom is 0.187 e. The molecule has 30 N–H and O–H groups in total. The highest BCUT2D eigenvalue weighted by atomic mass is 16.8. The normalized spacial score (nSPS) is 55.1. The summed E-state index contributed by atoms with van der Waals surface area (Å²) in [6, 6.07) is 0. The summed E-state index contributed by atoms with van der Waals surface area (Å²) in [5, 5.41) is 335. The largest absolute Gasteiger partial charge is 0.394 e. The van der Waals surface area contributed by atoms with Crippen LogP contribution in [0.3, 0.4) is 0 Å². The summed E-state index contributed by atoms with van der Waals surface area (Å²) in [5.74, 6) is 0. The van der Waals surface area contributed by atoms with Crippen molar-refractivity contribution in [3.8, 4) is 0 Å². The predicted octanol–water partition coefficient (Wildman–Crippen LogP) is -21.8. The third-order valence-electron chi connectivity index (χ3n) is 21.1. The van der Waals surface area contributed by atoms with E-state index in [1.165, 1.54) is 0 Å². The van der Waals surface area contributed by atoms with E-state index >= 15 is 0 Å². The van der Waals surface area contributed by atoms with Gasteiger partial charge < -0.3 is 248 Å². The van der Waals surface area contributed by atoms with E-state index in [2.05, 4.69) is 0 Å². The van der Waals surface area contributed by atoms with Gasteiger partial charge >= 0.3 is 0 Å². The first kappa shape index (κ1) is 88.8. The highest BCUT2D eigenvalue weighted by Gasteiger charge is 2.62. The van der Waals surface area contributed by atoms with Crippen molar-refractivity contribution in [2.75, 3.05) is 66.1 Å². The molecule has 0 aromatic carbocycles. The molecule has 0 aromatic rings. The van der Waals surface area contributed by atoms with Gasteiger partial charge in [-0.2, -0.15) is 0 Å². The first-order valence-electron chi connectivity index (χ1n) is 35.2. The lowest BCUT2D eigenvalue weighted by Gasteiger charge is -2.51. The molecule has 0 radical (unpaired) electrons. The van der Waals surface area contributed by atoms with Crippen LogP contribution in [0.25, 0.3) is 0 Å². The minimum absolute atomic E-state index is 0.970. The third kappa shape index (κ3) is 17.8. The summed E-state index contributed by atoms with van der Waals surface area (Å²) in [5.41, 5.74) is 0. The smallest absolute Gasteiger partial charge is 0.187 e. The highest BCUT2D eigenvalue weighted by Crippen LogP contribution is 2.41. The van der Waals surface area contributed by atoms with E-state index in [9.17, 15) is 153 Å². The van der Waals surface area contributed by atoms with Gasteiger partial charge in [0, 0.05) is 0 Å². The molecule has 110 heavy (non-hydrogen) atoms. The van der Waals surface area contributed by atoms with Gasteiger partial charge in [-0.1, -0.05) is 0 Å². The maximum absolute atomic E-state index is 12.0. The molecule has 0 saturated carbocycles. The van der Waals surface area contributed by atoms with Gasteiger partial charge in [0.2, 0.25) is 0 Å². The van der Waals surface area contributed by atoms with Gasteiger partial charge in [0.1, 0.15) is 244 Å². The lowest BCUT2D eigenvalue weighted by Crippen LogP contribution is -2.69.